The number of hydrogen-bond donors (Lipinski definition) is 0. The van der Waals surface area contributed by atoms with Crippen LogP contribution in [0.25, 0.3) is 6.08 Å². The summed E-state index contributed by atoms with van der Waals surface area (Å²) in [6.07, 6.45) is 7.17. The zero-order chi connectivity index (χ0) is 20.6. The molecule has 0 aromatic heterocycles. The standard InChI is InChI=1S/C23H22BrNO3S/c1-23(13-4-5-18(16-23)15-17-8-10-19(24)11-9-17)29(27,28)25-14-12-22(26)20-6-2-3-7-21(20)25/h2-4,6-11,13,15H,5,12,14,16H2,1H3/b18-15+. The fourth-order valence-electron chi connectivity index (χ4n) is 4.01. The lowest BCUT2D eigenvalue weighted by Crippen LogP contribution is -2.49. The molecule has 29 heavy (non-hydrogen) atoms. The molecule has 150 valence electrons. The maximum Gasteiger partial charge on any atom is 0.244 e. The first-order valence-electron chi connectivity index (χ1n) is 9.57. The van der Waals surface area contributed by atoms with E-state index in [1.54, 1.807) is 37.3 Å². The Morgan fingerprint density at radius 1 is 1.10 bits per heavy atom. The molecule has 0 saturated heterocycles. The Labute approximate surface area is 180 Å². The van der Waals surface area contributed by atoms with Gasteiger partial charge in [0.25, 0.3) is 0 Å². The van der Waals surface area contributed by atoms with Gasteiger partial charge in [-0.2, -0.15) is 0 Å². The van der Waals surface area contributed by atoms with E-state index in [1.165, 1.54) is 4.31 Å². The highest BCUT2D eigenvalue weighted by atomic mass is 79.9. The highest BCUT2D eigenvalue weighted by Gasteiger charge is 2.45. The molecule has 0 bridgehead atoms. The maximum absolute atomic E-state index is 13.7. The van der Waals surface area contributed by atoms with E-state index in [0.29, 0.717) is 17.7 Å². The van der Waals surface area contributed by atoms with Crippen LogP contribution in [0.1, 0.15) is 42.1 Å². The van der Waals surface area contributed by atoms with E-state index >= 15 is 0 Å². The lowest BCUT2D eigenvalue weighted by molar-refractivity contribution is 0.0982. The van der Waals surface area contributed by atoms with Crippen molar-refractivity contribution in [1.82, 2.24) is 0 Å². The van der Waals surface area contributed by atoms with Crippen LogP contribution >= 0.6 is 15.9 Å². The van der Waals surface area contributed by atoms with Gasteiger partial charge in [0.05, 0.1) is 5.69 Å². The molecule has 4 rings (SSSR count). The van der Waals surface area contributed by atoms with Crippen molar-refractivity contribution in [3.05, 3.63) is 81.9 Å². The van der Waals surface area contributed by atoms with Crippen molar-refractivity contribution < 1.29 is 13.2 Å². The molecule has 2 aromatic carbocycles. The lowest BCUT2D eigenvalue weighted by atomic mass is 9.91. The van der Waals surface area contributed by atoms with Crippen molar-refractivity contribution in [3.63, 3.8) is 0 Å². The normalized spacial score (nSPS) is 23.3. The first-order chi connectivity index (χ1) is 13.8. The highest BCUT2D eigenvalue weighted by molar-refractivity contribution is 9.10. The number of nitrogens with zero attached hydrogens (tertiary/aromatic N) is 1. The number of fused-ring (bicyclic) bond motifs is 1. The van der Waals surface area contributed by atoms with E-state index in [1.807, 2.05) is 30.3 Å². The first-order valence-corrected chi connectivity index (χ1v) is 11.8. The smallest absolute Gasteiger partial charge is 0.244 e. The topological polar surface area (TPSA) is 54.5 Å². The monoisotopic (exact) mass is 471 g/mol. The molecule has 0 fully saturated rings. The minimum atomic E-state index is -3.71. The molecule has 1 unspecified atom stereocenters. The van der Waals surface area contributed by atoms with Gasteiger partial charge in [0.15, 0.2) is 5.78 Å². The van der Waals surface area contributed by atoms with Gasteiger partial charge in [-0.3, -0.25) is 9.10 Å². The zero-order valence-electron chi connectivity index (χ0n) is 16.1. The van der Waals surface area contributed by atoms with Gasteiger partial charge in [-0.25, -0.2) is 8.42 Å². The molecule has 2 aromatic rings. The van der Waals surface area contributed by atoms with Crippen molar-refractivity contribution in [2.75, 3.05) is 10.8 Å². The van der Waals surface area contributed by atoms with Gasteiger partial charge < -0.3 is 0 Å². The second-order valence-electron chi connectivity index (χ2n) is 7.72. The van der Waals surface area contributed by atoms with E-state index in [2.05, 4.69) is 22.0 Å². The minimum absolute atomic E-state index is 0.00721. The van der Waals surface area contributed by atoms with Crippen LogP contribution < -0.4 is 4.31 Å². The third kappa shape index (κ3) is 3.71. The van der Waals surface area contributed by atoms with E-state index in [0.717, 1.165) is 22.0 Å². The number of hydrogen-bond acceptors (Lipinski definition) is 3. The molecule has 6 heteroatoms. The molecule has 1 heterocycles. The number of carbonyl (C=O) groups is 1. The third-order valence-corrected chi connectivity index (χ3v) is 8.51. The Bertz CT molecular complexity index is 1120. The Morgan fingerprint density at radius 3 is 2.59 bits per heavy atom. The summed E-state index contributed by atoms with van der Waals surface area (Å²) in [6.45, 7) is 1.96. The Hall–Kier alpha value is -2.18. The average Bonchev–Trinajstić information content (AvgIpc) is 2.70. The number of sulfonamides is 1. The van der Waals surface area contributed by atoms with Crippen molar-refractivity contribution in [2.24, 2.45) is 0 Å². The van der Waals surface area contributed by atoms with Gasteiger partial charge in [-0.1, -0.05) is 64.0 Å². The van der Waals surface area contributed by atoms with Crippen LogP contribution in [0.2, 0.25) is 0 Å². The fraction of sp³-hybridized carbons (Fsp3) is 0.261. The quantitative estimate of drug-likeness (QED) is 0.565. The second-order valence-corrected chi connectivity index (χ2v) is 11.0. The molecule has 1 aliphatic carbocycles. The number of Topliss-reactive ketones (excluding diaryl/α,β-unsaturated/α-hetero) is 1. The zero-order valence-corrected chi connectivity index (χ0v) is 18.5. The summed E-state index contributed by atoms with van der Waals surface area (Å²) in [5.74, 6) is -0.00721. The number of halogens is 1. The molecular weight excluding hydrogens is 450 g/mol. The summed E-state index contributed by atoms with van der Waals surface area (Å²) in [5.41, 5.74) is 3.09. The molecule has 1 aliphatic heterocycles. The lowest BCUT2D eigenvalue weighted by Gasteiger charge is -2.38. The predicted octanol–water partition coefficient (Wildman–Crippen LogP) is 5.36. The number of rotatable bonds is 3. The summed E-state index contributed by atoms with van der Waals surface area (Å²) in [5, 5.41) is 0. The molecule has 2 aliphatic rings. The van der Waals surface area contributed by atoms with Gasteiger partial charge in [0, 0.05) is 23.0 Å². The van der Waals surface area contributed by atoms with Crippen LogP contribution in [-0.2, 0) is 10.0 Å². The third-order valence-electron chi connectivity index (χ3n) is 5.56. The molecule has 0 radical (unpaired) electrons. The molecule has 1 atom stereocenters. The number of ketones is 1. The largest absolute Gasteiger partial charge is 0.294 e. The van der Waals surface area contributed by atoms with Crippen molar-refractivity contribution in [1.29, 1.82) is 0 Å². The molecule has 0 amide bonds. The number of para-hydroxylation sites is 1. The van der Waals surface area contributed by atoms with Gasteiger partial charge in [-0.15, -0.1) is 0 Å². The number of allylic oxidation sites excluding steroid dienone is 2. The van der Waals surface area contributed by atoms with Crippen molar-refractivity contribution in [3.8, 4) is 0 Å². The SMILES string of the molecule is CC1(S(=O)(=O)N2CCC(=O)c3ccccc32)C=CC/C(=C\c2ccc(Br)cc2)C1. The number of benzene rings is 2. The van der Waals surface area contributed by atoms with Gasteiger partial charge in [-0.05, 0) is 49.6 Å². The molecule has 4 nitrogen and oxygen atoms in total. The molecule has 0 spiro atoms. The van der Waals surface area contributed by atoms with Crippen molar-refractivity contribution >= 4 is 43.5 Å². The minimum Gasteiger partial charge on any atom is -0.294 e. The van der Waals surface area contributed by atoms with Crippen LogP contribution in [-0.4, -0.2) is 25.5 Å². The van der Waals surface area contributed by atoms with Gasteiger partial charge in [0.1, 0.15) is 4.75 Å². The van der Waals surface area contributed by atoms with E-state index in [4.69, 9.17) is 0 Å². The van der Waals surface area contributed by atoms with Gasteiger partial charge in [0.2, 0.25) is 10.0 Å². The van der Waals surface area contributed by atoms with Crippen LogP contribution in [0.5, 0.6) is 0 Å². The van der Waals surface area contributed by atoms with E-state index < -0.39 is 14.8 Å². The van der Waals surface area contributed by atoms with E-state index in [-0.39, 0.29) is 18.7 Å². The first kappa shape index (κ1) is 20.1. The number of carbonyl (C=O) groups excluding carboxylic acids is 1. The van der Waals surface area contributed by atoms with Crippen LogP contribution in [0, 0.1) is 0 Å². The Morgan fingerprint density at radius 2 is 1.83 bits per heavy atom. The maximum atomic E-state index is 13.7. The summed E-state index contributed by atoms with van der Waals surface area (Å²) in [6, 6.07) is 14.9. The second kappa shape index (κ2) is 7.58. The van der Waals surface area contributed by atoms with Crippen LogP contribution in [0.3, 0.4) is 0 Å². The highest BCUT2D eigenvalue weighted by Crippen LogP contribution is 2.40. The number of anilines is 1. The van der Waals surface area contributed by atoms with Crippen LogP contribution in [0.4, 0.5) is 5.69 Å². The predicted molar refractivity (Wildman–Crippen MR) is 121 cm³/mol. The van der Waals surface area contributed by atoms with E-state index in [9.17, 15) is 13.2 Å². The molecular formula is C23H22BrNO3S. The summed E-state index contributed by atoms with van der Waals surface area (Å²) in [7, 11) is -3.71. The molecule has 0 saturated carbocycles. The Balaban J connectivity index is 1.69. The Kier molecular flexibility index (Phi) is 5.25. The van der Waals surface area contributed by atoms with Crippen molar-refractivity contribution in [2.45, 2.75) is 30.9 Å². The van der Waals surface area contributed by atoms with Crippen LogP contribution in [0.15, 0.2) is 70.7 Å². The summed E-state index contributed by atoms with van der Waals surface area (Å²) >= 11 is 3.44. The van der Waals surface area contributed by atoms with Gasteiger partial charge >= 0.3 is 0 Å². The molecule has 0 N–H and O–H groups in total. The summed E-state index contributed by atoms with van der Waals surface area (Å²) < 4.78 is 28.8. The average molecular weight is 472 g/mol. The fourth-order valence-corrected chi connectivity index (χ4v) is 6.16. The summed E-state index contributed by atoms with van der Waals surface area (Å²) in [4.78, 5) is 12.2.